The molecule has 0 unspecified atom stereocenters. The summed E-state index contributed by atoms with van der Waals surface area (Å²) >= 11 is 5.94. The van der Waals surface area contributed by atoms with Gasteiger partial charge in [-0.15, -0.1) is 0 Å². The zero-order chi connectivity index (χ0) is 18.8. The normalized spacial score (nSPS) is 22.3. The number of carbonyl (C=O) groups is 2. The van der Waals surface area contributed by atoms with Crippen molar-refractivity contribution < 1.29 is 9.59 Å². The summed E-state index contributed by atoms with van der Waals surface area (Å²) in [5.74, 6) is 0.00868. The summed E-state index contributed by atoms with van der Waals surface area (Å²) in [6.07, 6.45) is 2.14. The number of nitrogens with zero attached hydrogens (tertiary/aromatic N) is 2. The van der Waals surface area contributed by atoms with Crippen LogP contribution in [0.1, 0.15) is 34.7 Å². The summed E-state index contributed by atoms with van der Waals surface area (Å²) in [5, 5.41) is 0.609. The van der Waals surface area contributed by atoms with Crippen LogP contribution in [0, 0.1) is 5.92 Å². The molecule has 0 saturated carbocycles. The van der Waals surface area contributed by atoms with Gasteiger partial charge in [0.15, 0.2) is 0 Å². The van der Waals surface area contributed by atoms with E-state index in [1.54, 1.807) is 24.3 Å². The molecule has 0 spiro atoms. The lowest BCUT2D eigenvalue weighted by molar-refractivity contribution is -0.134. The molecule has 2 amide bonds. The van der Waals surface area contributed by atoms with E-state index in [1.165, 1.54) is 0 Å². The summed E-state index contributed by atoms with van der Waals surface area (Å²) in [4.78, 5) is 29.9. The van der Waals surface area contributed by atoms with E-state index < -0.39 is 0 Å². The van der Waals surface area contributed by atoms with Gasteiger partial charge in [-0.3, -0.25) is 9.59 Å². The Bertz CT molecular complexity index is 816. The first-order valence-corrected chi connectivity index (χ1v) is 9.90. The van der Waals surface area contributed by atoms with Crippen LogP contribution in [0.2, 0.25) is 5.02 Å². The maximum atomic E-state index is 13.2. The van der Waals surface area contributed by atoms with Crippen molar-refractivity contribution in [2.24, 2.45) is 5.92 Å². The number of halogens is 1. The van der Waals surface area contributed by atoms with Crippen LogP contribution in [0.15, 0.2) is 54.6 Å². The Kier molecular flexibility index (Phi) is 5.17. The van der Waals surface area contributed by atoms with Gasteiger partial charge in [0.1, 0.15) is 0 Å². The van der Waals surface area contributed by atoms with Gasteiger partial charge in [0.05, 0.1) is 5.92 Å². The molecule has 0 aliphatic carbocycles. The Labute approximate surface area is 164 Å². The highest BCUT2D eigenvalue weighted by atomic mass is 35.5. The van der Waals surface area contributed by atoms with E-state index in [-0.39, 0.29) is 23.7 Å². The molecule has 2 aromatic rings. The summed E-state index contributed by atoms with van der Waals surface area (Å²) < 4.78 is 0. The quantitative estimate of drug-likeness (QED) is 0.809. The molecule has 2 saturated heterocycles. The molecule has 2 aliphatic heterocycles. The Morgan fingerprint density at radius 3 is 2.19 bits per heavy atom. The van der Waals surface area contributed by atoms with Crippen LogP contribution < -0.4 is 0 Å². The van der Waals surface area contributed by atoms with Crippen molar-refractivity contribution in [3.63, 3.8) is 0 Å². The molecular formula is C22H23ClN2O2. The maximum Gasteiger partial charge on any atom is 0.253 e. The molecule has 2 aliphatic rings. The van der Waals surface area contributed by atoms with Crippen LogP contribution >= 0.6 is 11.6 Å². The van der Waals surface area contributed by atoms with Crippen molar-refractivity contribution >= 4 is 23.4 Å². The summed E-state index contributed by atoms with van der Waals surface area (Å²) in [6.45, 7) is 2.70. The van der Waals surface area contributed by atoms with Gasteiger partial charge in [-0.1, -0.05) is 41.9 Å². The van der Waals surface area contributed by atoms with Gasteiger partial charge in [0.25, 0.3) is 5.91 Å². The Balaban J connectivity index is 1.59. The Hall–Kier alpha value is -2.33. The van der Waals surface area contributed by atoms with Gasteiger partial charge >= 0.3 is 0 Å². The second kappa shape index (κ2) is 7.73. The van der Waals surface area contributed by atoms with E-state index >= 15 is 0 Å². The first kappa shape index (κ1) is 18.1. The summed E-state index contributed by atoms with van der Waals surface area (Å²) in [6, 6.07) is 17.0. The molecule has 2 fully saturated rings. The molecule has 2 heterocycles. The number of hydrogen-bond donors (Lipinski definition) is 0. The minimum Gasteiger partial charge on any atom is -0.342 e. The lowest BCUT2D eigenvalue weighted by Gasteiger charge is -2.23. The minimum absolute atomic E-state index is 0.0375. The number of likely N-dealkylation sites (tertiary alicyclic amines) is 2. The standard InChI is InChI=1S/C22H23ClN2O2/c23-18-10-8-17(9-11-18)21(26)25-14-19(16-6-2-1-3-7-16)20(15-25)22(27)24-12-4-5-13-24/h1-3,6-11,19-20H,4-5,12-15H2/t19-,20-/m0/s1. The predicted octanol–water partition coefficient (Wildman–Crippen LogP) is 3.82. The number of hydrogen-bond acceptors (Lipinski definition) is 2. The van der Waals surface area contributed by atoms with Crippen LogP contribution in [0.4, 0.5) is 0 Å². The maximum absolute atomic E-state index is 13.2. The van der Waals surface area contributed by atoms with Crippen LogP contribution in [-0.2, 0) is 4.79 Å². The smallest absolute Gasteiger partial charge is 0.253 e. The highest BCUT2D eigenvalue weighted by Gasteiger charge is 2.42. The number of amides is 2. The summed E-state index contributed by atoms with van der Waals surface area (Å²) in [7, 11) is 0. The second-order valence-electron chi connectivity index (χ2n) is 7.37. The fourth-order valence-corrected chi connectivity index (χ4v) is 4.33. The van der Waals surface area contributed by atoms with Gasteiger partial charge < -0.3 is 9.80 Å². The molecule has 2 atom stereocenters. The average molecular weight is 383 g/mol. The third-order valence-corrected chi connectivity index (χ3v) is 5.91. The number of rotatable bonds is 3. The topological polar surface area (TPSA) is 40.6 Å². The zero-order valence-electron chi connectivity index (χ0n) is 15.2. The summed E-state index contributed by atoms with van der Waals surface area (Å²) in [5.41, 5.74) is 1.74. The van der Waals surface area contributed by atoms with Crippen LogP contribution in [-0.4, -0.2) is 47.8 Å². The monoisotopic (exact) mass is 382 g/mol. The van der Waals surface area contributed by atoms with Gasteiger partial charge in [-0.05, 0) is 42.7 Å². The molecule has 4 rings (SSSR count). The molecule has 5 heteroatoms. The molecule has 0 aromatic heterocycles. The molecule has 0 N–H and O–H groups in total. The average Bonchev–Trinajstić information content (AvgIpc) is 3.38. The number of benzene rings is 2. The first-order chi connectivity index (χ1) is 13.1. The highest BCUT2D eigenvalue weighted by Crippen LogP contribution is 2.35. The lowest BCUT2D eigenvalue weighted by atomic mass is 9.88. The second-order valence-corrected chi connectivity index (χ2v) is 7.81. The van der Waals surface area contributed by atoms with Crippen LogP contribution in [0.5, 0.6) is 0 Å². The van der Waals surface area contributed by atoms with Crippen molar-refractivity contribution in [2.75, 3.05) is 26.2 Å². The van der Waals surface area contributed by atoms with Crippen LogP contribution in [0.3, 0.4) is 0 Å². The fraction of sp³-hybridized carbons (Fsp3) is 0.364. The molecule has 140 valence electrons. The van der Waals surface area contributed by atoms with E-state index in [2.05, 4.69) is 12.1 Å². The van der Waals surface area contributed by atoms with E-state index in [1.807, 2.05) is 28.0 Å². The molecule has 2 aromatic carbocycles. The van der Waals surface area contributed by atoms with Crippen molar-refractivity contribution in [1.82, 2.24) is 9.80 Å². The van der Waals surface area contributed by atoms with E-state index in [9.17, 15) is 9.59 Å². The third-order valence-electron chi connectivity index (χ3n) is 5.66. The number of carbonyl (C=O) groups excluding carboxylic acids is 2. The first-order valence-electron chi connectivity index (χ1n) is 9.52. The van der Waals surface area contributed by atoms with Crippen molar-refractivity contribution in [3.05, 3.63) is 70.7 Å². The van der Waals surface area contributed by atoms with Crippen molar-refractivity contribution in [1.29, 1.82) is 0 Å². The third kappa shape index (κ3) is 3.72. The van der Waals surface area contributed by atoms with Gasteiger partial charge in [-0.25, -0.2) is 0 Å². The highest BCUT2D eigenvalue weighted by molar-refractivity contribution is 6.30. The van der Waals surface area contributed by atoms with Gasteiger partial charge in [0.2, 0.25) is 5.91 Å². The Morgan fingerprint density at radius 1 is 0.852 bits per heavy atom. The Morgan fingerprint density at radius 2 is 1.52 bits per heavy atom. The molecule has 27 heavy (non-hydrogen) atoms. The van der Waals surface area contributed by atoms with E-state index in [0.29, 0.717) is 23.7 Å². The molecule has 0 bridgehead atoms. The SMILES string of the molecule is O=C(c1ccc(Cl)cc1)N1C[C@H](C(=O)N2CCCC2)[C@H](c2ccccc2)C1. The van der Waals surface area contributed by atoms with Crippen LogP contribution in [0.25, 0.3) is 0 Å². The van der Waals surface area contributed by atoms with Gasteiger partial charge in [0, 0.05) is 42.7 Å². The zero-order valence-corrected chi connectivity index (χ0v) is 15.9. The largest absolute Gasteiger partial charge is 0.342 e. The minimum atomic E-state index is -0.179. The fourth-order valence-electron chi connectivity index (χ4n) is 4.20. The van der Waals surface area contributed by atoms with Gasteiger partial charge in [-0.2, -0.15) is 0 Å². The van der Waals surface area contributed by atoms with Crippen molar-refractivity contribution in [3.8, 4) is 0 Å². The molecule has 0 radical (unpaired) electrons. The van der Waals surface area contributed by atoms with Crippen molar-refractivity contribution in [2.45, 2.75) is 18.8 Å². The molecular weight excluding hydrogens is 360 g/mol. The molecule has 4 nitrogen and oxygen atoms in total. The predicted molar refractivity (Wildman–Crippen MR) is 106 cm³/mol. The lowest BCUT2D eigenvalue weighted by Crippen LogP contribution is -2.37. The van der Waals surface area contributed by atoms with E-state index in [4.69, 9.17) is 11.6 Å². The van der Waals surface area contributed by atoms with E-state index in [0.717, 1.165) is 31.5 Å².